The highest BCUT2D eigenvalue weighted by Gasteiger charge is 2.07. The Kier molecular flexibility index (Phi) is 7.76. The van der Waals surface area contributed by atoms with Gasteiger partial charge in [-0.15, -0.1) is 0 Å². The van der Waals surface area contributed by atoms with Crippen LogP contribution in [0.25, 0.3) is 0 Å². The summed E-state index contributed by atoms with van der Waals surface area (Å²) in [5.41, 5.74) is 5.24. The first-order chi connectivity index (χ1) is 5.35. The zero-order valence-corrected chi connectivity index (χ0v) is 6.91. The molecule has 0 aromatic heterocycles. The average Bonchev–Trinajstić information content (AvgIpc) is 2.05. The third kappa shape index (κ3) is 6.21. The van der Waals surface area contributed by atoms with Crippen LogP contribution in [0.4, 0.5) is 0 Å². The van der Waals surface area contributed by atoms with Crippen LogP contribution in [0.2, 0.25) is 0 Å². The predicted octanol–water partition coefficient (Wildman–Crippen LogP) is 0.207. The molecule has 0 aliphatic carbocycles. The van der Waals surface area contributed by atoms with Crippen LogP contribution < -0.4 is 5.73 Å². The molecule has 0 aliphatic rings. The molecule has 0 atom stereocenters. The van der Waals surface area contributed by atoms with Crippen LogP contribution in [0.15, 0.2) is 0 Å². The van der Waals surface area contributed by atoms with E-state index in [4.69, 9.17) is 5.73 Å². The molecule has 0 aromatic carbocycles. The van der Waals surface area contributed by atoms with E-state index < -0.39 is 6.29 Å². The van der Waals surface area contributed by atoms with Crippen LogP contribution in [0.5, 0.6) is 0 Å². The molecule has 0 unspecified atom stereocenters. The fourth-order valence-electron chi connectivity index (χ4n) is 0.382. The van der Waals surface area contributed by atoms with E-state index in [0.717, 1.165) is 0 Å². The van der Waals surface area contributed by atoms with Gasteiger partial charge >= 0.3 is 0 Å². The minimum Gasteiger partial charge on any atom is -0.326 e. The smallest absolute Gasteiger partial charge is 0.236 e. The van der Waals surface area contributed by atoms with Crippen LogP contribution in [0, 0.1) is 0 Å². The molecule has 0 rings (SSSR count). The van der Waals surface area contributed by atoms with E-state index in [1.807, 2.05) is 0 Å². The highest BCUT2D eigenvalue weighted by molar-refractivity contribution is 4.35. The van der Waals surface area contributed by atoms with Gasteiger partial charge in [0.25, 0.3) is 0 Å². The zero-order chi connectivity index (χ0) is 8.53. The maximum absolute atomic E-state index is 5.24. The van der Waals surface area contributed by atoms with Crippen molar-refractivity contribution in [2.75, 3.05) is 19.8 Å². The Morgan fingerprint density at radius 1 is 1.09 bits per heavy atom. The second-order valence-corrected chi connectivity index (χ2v) is 1.67. The lowest BCUT2D eigenvalue weighted by Crippen LogP contribution is -2.27. The number of nitrogens with two attached hydrogens (primary N) is 1. The van der Waals surface area contributed by atoms with Gasteiger partial charge in [0, 0.05) is 0 Å². The maximum atomic E-state index is 5.24. The summed E-state index contributed by atoms with van der Waals surface area (Å²) in [6, 6.07) is 0. The van der Waals surface area contributed by atoms with Gasteiger partial charge < -0.3 is 5.73 Å². The lowest BCUT2D eigenvalue weighted by molar-refractivity contribution is -0.457. The monoisotopic (exact) mass is 165 g/mol. The highest BCUT2D eigenvalue weighted by atomic mass is 17.3. The Balaban J connectivity index is 3.25. The summed E-state index contributed by atoms with van der Waals surface area (Å²) in [6.07, 6.45) is -0.644. The van der Waals surface area contributed by atoms with Crippen molar-refractivity contribution in [2.45, 2.75) is 20.1 Å². The molecule has 11 heavy (non-hydrogen) atoms. The molecular weight excluding hydrogens is 150 g/mol. The van der Waals surface area contributed by atoms with Gasteiger partial charge in [-0.1, -0.05) is 0 Å². The fraction of sp³-hybridized carbons (Fsp3) is 1.00. The Labute approximate surface area is 66.2 Å². The molecule has 5 heteroatoms. The van der Waals surface area contributed by atoms with Gasteiger partial charge in [0.05, 0.1) is 19.8 Å². The van der Waals surface area contributed by atoms with Gasteiger partial charge in [-0.25, -0.2) is 9.78 Å². The Bertz CT molecular complexity index is 73.0. The Hall–Kier alpha value is -0.200. The predicted molar refractivity (Wildman–Crippen MR) is 38.3 cm³/mol. The summed E-state index contributed by atoms with van der Waals surface area (Å²) >= 11 is 0. The van der Waals surface area contributed by atoms with Crippen molar-refractivity contribution in [2.24, 2.45) is 5.73 Å². The molecular formula is C6H15NO4. The standard InChI is InChI=1S/C6H15NO4/c1-3-8-10-6(5-7)11-9-4-2/h6H,3-5,7H2,1-2H3. The number of rotatable bonds is 7. The normalized spacial score (nSPS) is 10.9. The lowest BCUT2D eigenvalue weighted by Gasteiger charge is -2.12. The second-order valence-electron chi connectivity index (χ2n) is 1.67. The van der Waals surface area contributed by atoms with Crippen molar-refractivity contribution < 1.29 is 19.6 Å². The molecule has 0 heterocycles. The summed E-state index contributed by atoms with van der Waals surface area (Å²) in [5.74, 6) is 0. The molecule has 0 saturated heterocycles. The van der Waals surface area contributed by atoms with Crippen molar-refractivity contribution in [1.82, 2.24) is 0 Å². The van der Waals surface area contributed by atoms with Crippen LogP contribution in [0.3, 0.4) is 0 Å². The Morgan fingerprint density at radius 2 is 1.55 bits per heavy atom. The van der Waals surface area contributed by atoms with E-state index in [9.17, 15) is 0 Å². The quantitative estimate of drug-likeness (QED) is 0.332. The van der Waals surface area contributed by atoms with E-state index in [2.05, 4.69) is 19.6 Å². The van der Waals surface area contributed by atoms with E-state index in [0.29, 0.717) is 13.2 Å². The van der Waals surface area contributed by atoms with Crippen LogP contribution >= 0.6 is 0 Å². The summed E-state index contributed by atoms with van der Waals surface area (Å²) in [4.78, 5) is 18.5. The zero-order valence-electron chi connectivity index (χ0n) is 6.91. The molecule has 2 N–H and O–H groups in total. The first-order valence-electron chi connectivity index (χ1n) is 3.61. The molecule has 0 amide bonds. The molecule has 5 nitrogen and oxygen atoms in total. The third-order valence-electron chi connectivity index (χ3n) is 0.779. The second kappa shape index (κ2) is 7.90. The van der Waals surface area contributed by atoms with Crippen molar-refractivity contribution in [1.29, 1.82) is 0 Å². The van der Waals surface area contributed by atoms with Crippen molar-refractivity contribution in [3.63, 3.8) is 0 Å². The van der Waals surface area contributed by atoms with Crippen molar-refractivity contribution in [3.05, 3.63) is 0 Å². The lowest BCUT2D eigenvalue weighted by atomic mass is 10.7. The van der Waals surface area contributed by atoms with Gasteiger partial charge in [0.2, 0.25) is 6.29 Å². The minimum absolute atomic E-state index is 0.194. The topological polar surface area (TPSA) is 62.9 Å². The molecule has 68 valence electrons. The molecule has 0 fully saturated rings. The summed E-state index contributed by atoms with van der Waals surface area (Å²) in [6.45, 7) is 4.69. The first-order valence-corrected chi connectivity index (χ1v) is 3.61. The van der Waals surface area contributed by atoms with Crippen LogP contribution in [0.1, 0.15) is 13.8 Å². The largest absolute Gasteiger partial charge is 0.326 e. The minimum atomic E-state index is -0.644. The van der Waals surface area contributed by atoms with Gasteiger partial charge in [0.1, 0.15) is 0 Å². The van der Waals surface area contributed by atoms with E-state index in [1.165, 1.54) is 0 Å². The molecule has 0 radical (unpaired) electrons. The Morgan fingerprint density at radius 3 is 1.82 bits per heavy atom. The first kappa shape index (κ1) is 10.8. The number of hydrogen-bond donors (Lipinski definition) is 1. The summed E-state index contributed by atoms with van der Waals surface area (Å²) in [5, 5.41) is 0. The van der Waals surface area contributed by atoms with E-state index >= 15 is 0 Å². The van der Waals surface area contributed by atoms with E-state index in [1.54, 1.807) is 13.8 Å². The molecule has 0 bridgehead atoms. The highest BCUT2D eigenvalue weighted by Crippen LogP contribution is 1.94. The van der Waals surface area contributed by atoms with E-state index in [-0.39, 0.29) is 6.54 Å². The van der Waals surface area contributed by atoms with Gasteiger partial charge in [-0.3, -0.25) is 0 Å². The van der Waals surface area contributed by atoms with Crippen molar-refractivity contribution >= 4 is 0 Å². The van der Waals surface area contributed by atoms with Crippen LogP contribution in [-0.2, 0) is 19.6 Å². The van der Waals surface area contributed by atoms with Crippen LogP contribution in [-0.4, -0.2) is 26.0 Å². The fourth-order valence-corrected chi connectivity index (χ4v) is 0.382. The van der Waals surface area contributed by atoms with Crippen molar-refractivity contribution in [3.8, 4) is 0 Å². The maximum Gasteiger partial charge on any atom is 0.236 e. The van der Waals surface area contributed by atoms with Gasteiger partial charge in [-0.2, -0.15) is 9.78 Å². The van der Waals surface area contributed by atoms with Gasteiger partial charge in [-0.05, 0) is 13.8 Å². The number of hydrogen-bond acceptors (Lipinski definition) is 5. The van der Waals surface area contributed by atoms with Gasteiger partial charge in [0.15, 0.2) is 0 Å². The SMILES string of the molecule is CCOOC(CN)OOCC. The molecule has 0 aliphatic heterocycles. The summed E-state index contributed by atoms with van der Waals surface area (Å²) < 4.78 is 0. The molecule has 0 spiro atoms. The summed E-state index contributed by atoms with van der Waals surface area (Å²) in [7, 11) is 0. The average molecular weight is 165 g/mol. The third-order valence-corrected chi connectivity index (χ3v) is 0.779. The molecule has 0 saturated carbocycles. The molecule has 0 aromatic rings.